The minimum atomic E-state index is -4.57. The number of hydrogen-bond acceptors (Lipinski definition) is 7. The number of carbonyl (C=O) groups is 2. The molecule has 2 aliphatic heterocycles. The first-order chi connectivity index (χ1) is 20.1. The van der Waals surface area contributed by atoms with Crippen molar-refractivity contribution in [1.82, 2.24) is 9.97 Å². The minimum absolute atomic E-state index is 0.0137. The lowest BCUT2D eigenvalue weighted by Gasteiger charge is -2.32. The Labute approximate surface area is 239 Å². The average molecular weight is 581 g/mol. The van der Waals surface area contributed by atoms with E-state index in [2.05, 4.69) is 32.6 Å². The van der Waals surface area contributed by atoms with Crippen molar-refractivity contribution in [3.05, 3.63) is 71.5 Å². The molecule has 5 rings (SSSR count). The number of nitrogens with zero attached hydrogens (tertiary/aromatic N) is 4. The normalized spacial score (nSPS) is 17.3. The SMILES string of the molecule is Cc1ccc(NC(=O)c2cccc(C(F)(F)F)c2)cc1NC(=O)N(C)c1cc(N(CC2CCCO2)C2C#CO2)ncn1. The van der Waals surface area contributed by atoms with Gasteiger partial charge in [-0.05, 0) is 55.7 Å². The highest BCUT2D eigenvalue weighted by atomic mass is 19.4. The van der Waals surface area contributed by atoms with Crippen LogP contribution >= 0.6 is 0 Å². The number of aryl methyl sites for hydroxylation is 1. The summed E-state index contributed by atoms with van der Waals surface area (Å²) in [5.41, 5.74) is 0.298. The Balaban J connectivity index is 1.28. The van der Waals surface area contributed by atoms with Crippen LogP contribution in [-0.2, 0) is 15.7 Å². The number of hydrogen-bond donors (Lipinski definition) is 2. The molecular weight excluding hydrogens is 553 g/mol. The van der Waals surface area contributed by atoms with Gasteiger partial charge in [-0.2, -0.15) is 13.2 Å². The number of alkyl halides is 3. The fourth-order valence-electron chi connectivity index (χ4n) is 4.43. The summed E-state index contributed by atoms with van der Waals surface area (Å²) in [7, 11) is 1.54. The molecule has 10 nitrogen and oxygen atoms in total. The van der Waals surface area contributed by atoms with Crippen LogP contribution in [0.2, 0.25) is 0 Å². The number of nitrogens with one attached hydrogen (secondary N) is 2. The van der Waals surface area contributed by atoms with Gasteiger partial charge in [0, 0.05) is 42.6 Å². The van der Waals surface area contributed by atoms with E-state index in [-0.39, 0.29) is 17.4 Å². The lowest BCUT2D eigenvalue weighted by Crippen LogP contribution is -2.44. The van der Waals surface area contributed by atoms with Crippen molar-refractivity contribution in [1.29, 1.82) is 0 Å². The van der Waals surface area contributed by atoms with Gasteiger partial charge in [-0.1, -0.05) is 12.1 Å². The Bertz CT molecular complexity index is 1550. The van der Waals surface area contributed by atoms with Crippen molar-refractivity contribution in [2.75, 3.05) is 40.6 Å². The molecule has 0 radical (unpaired) electrons. The van der Waals surface area contributed by atoms with E-state index in [1.165, 1.54) is 29.4 Å². The second-order valence-electron chi connectivity index (χ2n) is 9.79. The number of rotatable bonds is 8. The van der Waals surface area contributed by atoms with Crippen LogP contribution in [0.5, 0.6) is 0 Å². The van der Waals surface area contributed by atoms with Crippen LogP contribution in [0.25, 0.3) is 0 Å². The first-order valence-corrected chi connectivity index (χ1v) is 13.1. The summed E-state index contributed by atoms with van der Waals surface area (Å²) in [5, 5.41) is 5.37. The summed E-state index contributed by atoms with van der Waals surface area (Å²) in [5.74, 6) is 3.04. The van der Waals surface area contributed by atoms with Gasteiger partial charge < -0.3 is 25.0 Å². The number of amides is 3. The van der Waals surface area contributed by atoms with E-state index in [1.54, 1.807) is 32.2 Å². The van der Waals surface area contributed by atoms with Gasteiger partial charge in [-0.25, -0.2) is 14.8 Å². The Hall–Kier alpha value is -4.83. The summed E-state index contributed by atoms with van der Waals surface area (Å²) in [6.07, 6.45) is 0.731. The van der Waals surface area contributed by atoms with Gasteiger partial charge in [0.1, 0.15) is 24.1 Å². The van der Waals surface area contributed by atoms with Gasteiger partial charge in [-0.15, -0.1) is 0 Å². The van der Waals surface area contributed by atoms with E-state index in [1.807, 2.05) is 4.90 Å². The van der Waals surface area contributed by atoms with Crippen LogP contribution in [0.3, 0.4) is 0 Å². The maximum Gasteiger partial charge on any atom is 0.416 e. The van der Waals surface area contributed by atoms with Gasteiger partial charge >= 0.3 is 12.2 Å². The number of anilines is 4. The van der Waals surface area contributed by atoms with Gasteiger partial charge in [0.05, 0.1) is 18.2 Å². The second-order valence-corrected chi connectivity index (χ2v) is 9.79. The maximum atomic E-state index is 13.2. The molecule has 1 aromatic heterocycles. The minimum Gasteiger partial charge on any atom is -0.408 e. The van der Waals surface area contributed by atoms with E-state index >= 15 is 0 Å². The molecule has 1 saturated heterocycles. The van der Waals surface area contributed by atoms with Crippen molar-refractivity contribution >= 4 is 34.9 Å². The van der Waals surface area contributed by atoms with E-state index in [9.17, 15) is 22.8 Å². The topological polar surface area (TPSA) is 109 Å². The highest BCUT2D eigenvalue weighted by Gasteiger charge is 2.31. The first-order valence-electron chi connectivity index (χ1n) is 13.1. The van der Waals surface area contributed by atoms with Crippen LogP contribution in [-0.4, -0.2) is 54.4 Å². The van der Waals surface area contributed by atoms with E-state index in [0.29, 0.717) is 36.0 Å². The Morgan fingerprint density at radius 1 is 1.10 bits per heavy atom. The molecule has 218 valence electrons. The van der Waals surface area contributed by atoms with Crippen LogP contribution in [0.4, 0.5) is 41.0 Å². The molecule has 2 aliphatic rings. The molecule has 3 heterocycles. The zero-order valence-electron chi connectivity index (χ0n) is 22.7. The molecule has 0 spiro atoms. The number of halogens is 3. The molecule has 42 heavy (non-hydrogen) atoms. The zero-order chi connectivity index (χ0) is 29.9. The molecule has 0 bridgehead atoms. The molecule has 2 unspecified atom stereocenters. The van der Waals surface area contributed by atoms with Gasteiger partial charge in [0.15, 0.2) is 0 Å². The predicted octanol–water partition coefficient (Wildman–Crippen LogP) is 5.03. The fraction of sp³-hybridized carbons (Fsp3) is 0.310. The monoisotopic (exact) mass is 580 g/mol. The summed E-state index contributed by atoms with van der Waals surface area (Å²) in [6.45, 7) is 2.98. The number of aromatic nitrogens is 2. The summed E-state index contributed by atoms with van der Waals surface area (Å²) >= 11 is 0. The van der Waals surface area contributed by atoms with E-state index in [0.717, 1.165) is 25.0 Å². The first kappa shape index (κ1) is 28.7. The number of urea groups is 1. The summed E-state index contributed by atoms with van der Waals surface area (Å²) in [6, 6.07) is 10.0. The van der Waals surface area contributed by atoms with Crippen molar-refractivity contribution in [2.24, 2.45) is 0 Å². The molecule has 2 aromatic carbocycles. The quantitative estimate of drug-likeness (QED) is 0.360. The lowest BCUT2D eigenvalue weighted by molar-refractivity contribution is -0.137. The van der Waals surface area contributed by atoms with Crippen molar-refractivity contribution in [2.45, 2.75) is 38.3 Å². The molecule has 0 aliphatic carbocycles. The third-order valence-corrected chi connectivity index (χ3v) is 6.83. The maximum absolute atomic E-state index is 13.2. The Kier molecular flexibility index (Phi) is 8.17. The predicted molar refractivity (Wildman–Crippen MR) is 149 cm³/mol. The molecule has 13 heteroatoms. The molecule has 2 N–H and O–H groups in total. The van der Waals surface area contributed by atoms with Crippen LogP contribution in [0.15, 0.2) is 54.9 Å². The fourth-order valence-corrected chi connectivity index (χ4v) is 4.43. The third-order valence-electron chi connectivity index (χ3n) is 6.83. The second kappa shape index (κ2) is 12.0. The van der Waals surface area contributed by atoms with Crippen molar-refractivity contribution in [3.8, 4) is 12.0 Å². The highest BCUT2D eigenvalue weighted by Crippen LogP contribution is 2.30. The largest absolute Gasteiger partial charge is 0.416 e. The van der Waals surface area contributed by atoms with Crippen molar-refractivity contribution in [3.63, 3.8) is 0 Å². The van der Waals surface area contributed by atoms with Crippen molar-refractivity contribution < 1.29 is 32.2 Å². The van der Waals surface area contributed by atoms with E-state index in [4.69, 9.17) is 9.47 Å². The Morgan fingerprint density at radius 3 is 2.57 bits per heavy atom. The number of ether oxygens (including phenoxy) is 2. The zero-order valence-corrected chi connectivity index (χ0v) is 22.7. The lowest BCUT2D eigenvalue weighted by atomic mass is 10.1. The van der Waals surface area contributed by atoms with Gasteiger partial charge in [0.25, 0.3) is 12.1 Å². The van der Waals surface area contributed by atoms with Gasteiger partial charge in [0.2, 0.25) is 0 Å². The number of benzene rings is 2. The molecule has 1 fully saturated rings. The molecular formula is C29H27F3N6O4. The van der Waals surface area contributed by atoms with Gasteiger partial charge in [-0.3, -0.25) is 9.69 Å². The van der Waals surface area contributed by atoms with Crippen LogP contribution in [0, 0.1) is 19.0 Å². The van der Waals surface area contributed by atoms with E-state index < -0.39 is 29.9 Å². The summed E-state index contributed by atoms with van der Waals surface area (Å²) < 4.78 is 50.3. The van der Waals surface area contributed by atoms with Crippen LogP contribution < -0.4 is 20.4 Å². The molecule has 3 amide bonds. The molecule has 0 saturated carbocycles. The third kappa shape index (κ3) is 6.55. The average Bonchev–Trinajstić information content (AvgIpc) is 3.46. The Morgan fingerprint density at radius 2 is 1.88 bits per heavy atom. The number of carbonyl (C=O) groups excluding carboxylic acids is 2. The molecule has 3 aromatic rings. The summed E-state index contributed by atoms with van der Waals surface area (Å²) in [4.78, 5) is 37.6. The smallest absolute Gasteiger partial charge is 0.408 e. The van der Waals surface area contributed by atoms with Crippen LogP contribution in [0.1, 0.15) is 34.3 Å². The molecule has 2 atom stereocenters. The standard InChI is InChI=1S/C29H27F3N6O4/c1-18-8-9-21(35-27(39)19-5-3-6-20(13-19)29(30,31)32)14-23(18)36-28(40)37(2)24-15-25(34-17-33-24)38(26-10-12-42-26)16-22-7-4-11-41-22/h3,5-6,8-9,13-15,17,22,26H,4,7,11,16H2,1-2H3,(H,35,39)(H,36,40). The highest BCUT2D eigenvalue weighted by molar-refractivity contribution is 6.05.